The highest BCUT2D eigenvalue weighted by atomic mass is 16.5. The molecular formula is C22H26N4O2. The van der Waals surface area contributed by atoms with Crippen LogP contribution in [0.1, 0.15) is 31.2 Å². The minimum Gasteiger partial charge on any atom is -0.496 e. The van der Waals surface area contributed by atoms with Crippen molar-refractivity contribution in [1.82, 2.24) is 15.3 Å². The van der Waals surface area contributed by atoms with Crippen molar-refractivity contribution in [2.45, 2.75) is 38.3 Å². The topological polar surface area (TPSA) is 79.0 Å². The Labute approximate surface area is 164 Å². The first-order chi connectivity index (χ1) is 13.7. The second kappa shape index (κ2) is 8.33. The smallest absolute Gasteiger partial charge is 0.223 e. The summed E-state index contributed by atoms with van der Waals surface area (Å²) >= 11 is 0. The van der Waals surface area contributed by atoms with Gasteiger partial charge in [0.05, 0.1) is 18.1 Å². The molecule has 28 heavy (non-hydrogen) atoms. The van der Waals surface area contributed by atoms with E-state index in [9.17, 15) is 4.79 Å². The van der Waals surface area contributed by atoms with E-state index in [2.05, 4.69) is 20.6 Å². The molecule has 0 radical (unpaired) electrons. The maximum atomic E-state index is 12.6. The fraction of sp³-hybridized carbons (Fsp3) is 0.364. The molecule has 3 aromatic rings. The number of benzene rings is 2. The lowest BCUT2D eigenvalue weighted by Gasteiger charge is -2.28. The molecule has 146 valence electrons. The van der Waals surface area contributed by atoms with E-state index in [4.69, 9.17) is 4.74 Å². The van der Waals surface area contributed by atoms with Crippen molar-refractivity contribution in [2.75, 3.05) is 12.4 Å². The first-order valence-electron chi connectivity index (χ1n) is 9.84. The average Bonchev–Trinajstić information content (AvgIpc) is 3.15. The lowest BCUT2D eigenvalue weighted by atomic mass is 9.85. The fourth-order valence-corrected chi connectivity index (χ4v) is 3.89. The van der Waals surface area contributed by atoms with Gasteiger partial charge in [-0.05, 0) is 43.9 Å². The number of fused-ring (bicyclic) bond motifs is 1. The van der Waals surface area contributed by atoms with Crippen molar-refractivity contribution in [2.24, 2.45) is 5.92 Å². The fourth-order valence-electron chi connectivity index (χ4n) is 3.89. The van der Waals surface area contributed by atoms with Crippen LogP contribution < -0.4 is 15.4 Å². The monoisotopic (exact) mass is 378 g/mol. The molecule has 1 saturated carbocycles. The molecule has 1 heterocycles. The molecule has 1 aliphatic carbocycles. The Morgan fingerprint density at radius 3 is 2.64 bits per heavy atom. The quantitative estimate of drug-likeness (QED) is 0.609. The Bertz CT molecular complexity index is 911. The van der Waals surface area contributed by atoms with Gasteiger partial charge in [-0.2, -0.15) is 0 Å². The number of aromatic nitrogens is 2. The zero-order chi connectivity index (χ0) is 19.3. The van der Waals surface area contributed by atoms with Crippen LogP contribution in [0.15, 0.2) is 48.5 Å². The lowest BCUT2D eigenvalue weighted by molar-refractivity contribution is -0.126. The summed E-state index contributed by atoms with van der Waals surface area (Å²) < 4.78 is 5.35. The molecule has 0 atom stereocenters. The maximum absolute atomic E-state index is 12.6. The van der Waals surface area contributed by atoms with Gasteiger partial charge in [0.1, 0.15) is 5.75 Å². The minimum atomic E-state index is 0.0726. The Morgan fingerprint density at radius 2 is 1.86 bits per heavy atom. The van der Waals surface area contributed by atoms with Gasteiger partial charge in [-0.15, -0.1) is 0 Å². The number of imidazole rings is 1. The van der Waals surface area contributed by atoms with E-state index < -0.39 is 0 Å². The molecule has 6 heteroatoms. The molecule has 0 saturated heterocycles. The molecule has 3 N–H and O–H groups in total. The standard InChI is InChI=1S/C22H26N4O2/c1-28-20-9-5-2-6-16(20)14-23-21(27)15-10-12-17(13-11-15)24-22-25-18-7-3-4-8-19(18)26-22/h2-9,15,17H,10-14H2,1H3,(H,23,27)(H2,24,25,26). The van der Waals surface area contributed by atoms with E-state index in [1.165, 1.54) is 0 Å². The van der Waals surface area contributed by atoms with E-state index in [0.717, 1.165) is 54.0 Å². The Morgan fingerprint density at radius 1 is 1.11 bits per heavy atom. The number of H-pyrrole nitrogens is 1. The first-order valence-corrected chi connectivity index (χ1v) is 9.84. The van der Waals surface area contributed by atoms with Gasteiger partial charge in [0, 0.05) is 24.1 Å². The number of ether oxygens (including phenoxy) is 1. The van der Waals surface area contributed by atoms with Gasteiger partial charge >= 0.3 is 0 Å². The normalized spacial score (nSPS) is 19.3. The average molecular weight is 378 g/mol. The predicted molar refractivity (Wildman–Crippen MR) is 110 cm³/mol. The summed E-state index contributed by atoms with van der Waals surface area (Å²) in [6.45, 7) is 0.500. The van der Waals surface area contributed by atoms with Crippen LogP contribution in [0.2, 0.25) is 0 Å². The number of carbonyl (C=O) groups is 1. The third kappa shape index (κ3) is 4.11. The van der Waals surface area contributed by atoms with Crippen LogP contribution in [-0.2, 0) is 11.3 Å². The van der Waals surface area contributed by atoms with Crippen LogP contribution in [0.25, 0.3) is 11.0 Å². The highest BCUT2D eigenvalue weighted by Crippen LogP contribution is 2.27. The van der Waals surface area contributed by atoms with Crippen molar-refractivity contribution < 1.29 is 9.53 Å². The number of carbonyl (C=O) groups excluding carboxylic acids is 1. The molecule has 1 aromatic heterocycles. The third-order valence-electron chi connectivity index (χ3n) is 5.47. The molecule has 0 unspecified atom stereocenters. The van der Waals surface area contributed by atoms with Crippen molar-refractivity contribution >= 4 is 22.9 Å². The Kier molecular flexibility index (Phi) is 5.46. The number of hydrogen-bond acceptors (Lipinski definition) is 4. The highest BCUT2D eigenvalue weighted by Gasteiger charge is 2.26. The van der Waals surface area contributed by atoms with E-state index in [1.807, 2.05) is 48.5 Å². The minimum absolute atomic E-state index is 0.0726. The van der Waals surface area contributed by atoms with E-state index in [0.29, 0.717) is 12.6 Å². The van der Waals surface area contributed by atoms with Gasteiger partial charge in [0.2, 0.25) is 11.9 Å². The van der Waals surface area contributed by atoms with E-state index >= 15 is 0 Å². The number of para-hydroxylation sites is 3. The molecule has 0 bridgehead atoms. The van der Waals surface area contributed by atoms with Crippen LogP contribution in [0.5, 0.6) is 5.75 Å². The predicted octanol–water partition coefficient (Wildman–Crippen LogP) is 3.86. The highest BCUT2D eigenvalue weighted by molar-refractivity contribution is 5.79. The third-order valence-corrected chi connectivity index (χ3v) is 5.47. The second-order valence-corrected chi connectivity index (χ2v) is 7.33. The van der Waals surface area contributed by atoms with Gasteiger partial charge in [-0.1, -0.05) is 30.3 Å². The number of rotatable bonds is 6. The van der Waals surface area contributed by atoms with Gasteiger partial charge in [-0.25, -0.2) is 4.98 Å². The zero-order valence-corrected chi connectivity index (χ0v) is 16.1. The van der Waals surface area contributed by atoms with Crippen LogP contribution in [-0.4, -0.2) is 29.0 Å². The molecule has 1 amide bonds. The molecule has 1 fully saturated rings. The van der Waals surface area contributed by atoms with Gasteiger partial charge in [-0.3, -0.25) is 4.79 Å². The molecule has 1 aliphatic rings. The van der Waals surface area contributed by atoms with Crippen LogP contribution in [0, 0.1) is 5.92 Å². The number of methoxy groups -OCH3 is 1. The van der Waals surface area contributed by atoms with Crippen LogP contribution in [0.4, 0.5) is 5.95 Å². The number of amides is 1. The number of aromatic amines is 1. The molecule has 4 rings (SSSR count). The number of anilines is 1. The summed E-state index contributed by atoms with van der Waals surface area (Å²) in [7, 11) is 1.65. The summed E-state index contributed by atoms with van der Waals surface area (Å²) in [4.78, 5) is 20.5. The van der Waals surface area contributed by atoms with Gasteiger partial charge in [0.25, 0.3) is 0 Å². The summed E-state index contributed by atoms with van der Waals surface area (Å²) in [6.07, 6.45) is 3.69. The first kappa shape index (κ1) is 18.3. The van der Waals surface area contributed by atoms with Crippen molar-refractivity contribution in [1.29, 1.82) is 0 Å². The lowest BCUT2D eigenvalue weighted by Crippen LogP contribution is -2.35. The van der Waals surface area contributed by atoms with E-state index in [1.54, 1.807) is 7.11 Å². The summed E-state index contributed by atoms with van der Waals surface area (Å²) in [5.41, 5.74) is 3.00. The second-order valence-electron chi connectivity index (χ2n) is 7.33. The Balaban J connectivity index is 1.27. The van der Waals surface area contributed by atoms with E-state index in [-0.39, 0.29) is 11.8 Å². The largest absolute Gasteiger partial charge is 0.496 e. The molecule has 0 aliphatic heterocycles. The van der Waals surface area contributed by atoms with Crippen LogP contribution in [0.3, 0.4) is 0 Å². The number of hydrogen-bond donors (Lipinski definition) is 3. The Hall–Kier alpha value is -3.02. The van der Waals surface area contributed by atoms with Crippen molar-refractivity contribution in [3.8, 4) is 5.75 Å². The summed E-state index contributed by atoms with van der Waals surface area (Å²) in [6, 6.07) is 16.1. The zero-order valence-electron chi connectivity index (χ0n) is 16.1. The van der Waals surface area contributed by atoms with Crippen molar-refractivity contribution in [3.63, 3.8) is 0 Å². The maximum Gasteiger partial charge on any atom is 0.223 e. The molecule has 0 spiro atoms. The number of nitrogens with one attached hydrogen (secondary N) is 3. The number of nitrogens with zero attached hydrogens (tertiary/aromatic N) is 1. The summed E-state index contributed by atoms with van der Waals surface area (Å²) in [5.74, 6) is 1.82. The van der Waals surface area contributed by atoms with Crippen LogP contribution >= 0.6 is 0 Å². The molecule has 6 nitrogen and oxygen atoms in total. The van der Waals surface area contributed by atoms with Gasteiger partial charge in [0.15, 0.2) is 0 Å². The SMILES string of the molecule is COc1ccccc1CNC(=O)C1CCC(Nc2nc3ccccc3[nH]2)CC1. The molecule has 2 aromatic carbocycles. The van der Waals surface area contributed by atoms with Gasteiger partial charge < -0.3 is 20.4 Å². The van der Waals surface area contributed by atoms with Crippen molar-refractivity contribution in [3.05, 3.63) is 54.1 Å². The molecular weight excluding hydrogens is 352 g/mol. The summed E-state index contributed by atoms with van der Waals surface area (Å²) in [5, 5.41) is 6.56.